The zero-order valence-electron chi connectivity index (χ0n) is 15.1. The summed E-state index contributed by atoms with van der Waals surface area (Å²) in [5.74, 6) is -1.80. The van der Waals surface area contributed by atoms with Crippen molar-refractivity contribution in [3.8, 4) is 0 Å². The minimum absolute atomic E-state index is 0.0841. The number of aryl methyl sites for hydroxylation is 1. The Morgan fingerprint density at radius 3 is 2.48 bits per heavy atom. The number of ether oxygens (including phenoxy) is 1. The average Bonchev–Trinajstić information content (AvgIpc) is 2.60. The van der Waals surface area contributed by atoms with E-state index >= 15 is 0 Å². The summed E-state index contributed by atoms with van der Waals surface area (Å²) in [5, 5.41) is -4.94. The van der Waals surface area contributed by atoms with Crippen LogP contribution in [0.3, 0.4) is 0 Å². The Kier molecular flexibility index (Phi) is 5.59. The lowest BCUT2D eigenvalue weighted by Gasteiger charge is -2.45. The molecule has 0 aromatic heterocycles. The number of fused-ring (bicyclic) bond motifs is 1. The van der Waals surface area contributed by atoms with Crippen molar-refractivity contribution in [1.29, 1.82) is 0 Å². The van der Waals surface area contributed by atoms with Gasteiger partial charge in [-0.2, -0.15) is 17.2 Å². The molecule has 1 N–H and O–H groups in total. The maximum Gasteiger partial charge on any atom is 0.465 e. The number of esters is 1. The minimum Gasteiger partial charge on any atom is -0.457 e. The standard InChI is InChI=1S/C19H24F2O5S/c1-12-5-2-6-13(11-12)14-7-3-9-16-15(14)8-4-10-17(16)26-18(22)19(20,21)27(23,24)25/h2,5-6,11,14-17H,3-4,7-10H2,1H3,(H,23,24,25). The average molecular weight is 402 g/mol. The van der Waals surface area contributed by atoms with Crippen molar-refractivity contribution >= 4 is 16.1 Å². The van der Waals surface area contributed by atoms with Crippen molar-refractivity contribution in [2.45, 2.75) is 62.7 Å². The number of halogens is 2. The second-order valence-corrected chi connectivity index (χ2v) is 9.11. The number of alkyl halides is 2. The lowest BCUT2D eigenvalue weighted by Crippen LogP contribution is -2.45. The summed E-state index contributed by atoms with van der Waals surface area (Å²) in [5.41, 5.74) is 2.36. The summed E-state index contributed by atoms with van der Waals surface area (Å²) in [6, 6.07) is 8.23. The number of hydrogen-bond donors (Lipinski definition) is 1. The third kappa shape index (κ3) is 4.01. The van der Waals surface area contributed by atoms with Gasteiger partial charge in [0.15, 0.2) is 0 Å². The first-order valence-electron chi connectivity index (χ1n) is 9.23. The van der Waals surface area contributed by atoms with E-state index in [2.05, 4.69) is 12.1 Å². The SMILES string of the molecule is Cc1cccc(C2CCCC3C(OC(=O)C(F)(F)S(=O)(=O)O)CCCC23)c1. The van der Waals surface area contributed by atoms with E-state index in [1.165, 1.54) is 5.56 Å². The zero-order valence-corrected chi connectivity index (χ0v) is 15.9. The van der Waals surface area contributed by atoms with Gasteiger partial charge in [-0.15, -0.1) is 0 Å². The maximum atomic E-state index is 13.6. The molecule has 0 bridgehead atoms. The maximum absolute atomic E-state index is 13.6. The van der Waals surface area contributed by atoms with E-state index in [0.29, 0.717) is 6.42 Å². The summed E-state index contributed by atoms with van der Waals surface area (Å²) in [7, 11) is -5.85. The highest BCUT2D eigenvalue weighted by Crippen LogP contribution is 2.49. The van der Waals surface area contributed by atoms with E-state index in [-0.39, 0.29) is 17.8 Å². The Morgan fingerprint density at radius 2 is 1.81 bits per heavy atom. The molecule has 0 spiro atoms. The molecule has 2 aliphatic rings. The molecule has 0 amide bonds. The van der Waals surface area contributed by atoms with Crippen molar-refractivity contribution in [3.05, 3.63) is 35.4 Å². The van der Waals surface area contributed by atoms with Crippen LogP contribution in [0.4, 0.5) is 8.78 Å². The second kappa shape index (κ2) is 7.47. The molecule has 0 saturated heterocycles. The molecule has 4 atom stereocenters. The lowest BCUT2D eigenvalue weighted by molar-refractivity contribution is -0.174. The first-order valence-corrected chi connectivity index (χ1v) is 10.7. The fourth-order valence-corrected chi connectivity index (χ4v) is 4.98. The Morgan fingerprint density at radius 1 is 1.15 bits per heavy atom. The molecule has 1 aromatic carbocycles. The minimum atomic E-state index is -5.85. The van der Waals surface area contributed by atoms with E-state index in [1.54, 1.807) is 0 Å². The van der Waals surface area contributed by atoms with Crippen molar-refractivity contribution in [2.75, 3.05) is 0 Å². The third-order valence-electron chi connectivity index (χ3n) is 5.91. The summed E-state index contributed by atoms with van der Waals surface area (Å²) < 4.78 is 62.3. The fraction of sp³-hybridized carbons (Fsp3) is 0.632. The smallest absolute Gasteiger partial charge is 0.457 e. The van der Waals surface area contributed by atoms with Crippen LogP contribution in [0, 0.1) is 18.8 Å². The Labute approximate surface area is 157 Å². The van der Waals surface area contributed by atoms with Crippen LogP contribution in [0.2, 0.25) is 0 Å². The van der Waals surface area contributed by atoms with Gasteiger partial charge in [0.2, 0.25) is 0 Å². The largest absolute Gasteiger partial charge is 0.465 e. The van der Waals surface area contributed by atoms with Gasteiger partial charge in [-0.25, -0.2) is 4.79 Å². The van der Waals surface area contributed by atoms with Crippen molar-refractivity contribution < 1.29 is 31.3 Å². The van der Waals surface area contributed by atoms with E-state index in [1.807, 2.05) is 19.1 Å². The van der Waals surface area contributed by atoms with E-state index in [9.17, 15) is 22.0 Å². The van der Waals surface area contributed by atoms with Crippen LogP contribution in [0.1, 0.15) is 55.6 Å². The first kappa shape index (κ1) is 20.2. The van der Waals surface area contributed by atoms with Gasteiger partial charge in [0.05, 0.1) is 0 Å². The normalized spacial score (nSPS) is 29.0. The van der Waals surface area contributed by atoms with Crippen molar-refractivity contribution in [2.24, 2.45) is 11.8 Å². The number of rotatable bonds is 4. The van der Waals surface area contributed by atoms with Gasteiger partial charge in [-0.3, -0.25) is 4.55 Å². The number of benzene rings is 1. The molecule has 150 valence electrons. The molecule has 2 saturated carbocycles. The second-order valence-electron chi connectivity index (χ2n) is 7.65. The van der Waals surface area contributed by atoms with Crippen LogP contribution < -0.4 is 0 Å². The summed E-state index contributed by atoms with van der Waals surface area (Å²) >= 11 is 0. The van der Waals surface area contributed by atoms with Crippen molar-refractivity contribution in [1.82, 2.24) is 0 Å². The van der Waals surface area contributed by atoms with Crippen LogP contribution in [0.15, 0.2) is 24.3 Å². The van der Waals surface area contributed by atoms with Crippen LogP contribution in [0.25, 0.3) is 0 Å². The molecule has 3 rings (SSSR count). The molecule has 5 nitrogen and oxygen atoms in total. The van der Waals surface area contributed by atoms with Gasteiger partial charge < -0.3 is 4.74 Å². The molecular weight excluding hydrogens is 378 g/mol. The number of carbonyl (C=O) groups excluding carboxylic acids is 1. The predicted molar refractivity (Wildman–Crippen MR) is 95.0 cm³/mol. The van der Waals surface area contributed by atoms with Gasteiger partial charge in [0, 0.05) is 0 Å². The van der Waals surface area contributed by atoms with E-state index in [4.69, 9.17) is 9.29 Å². The molecule has 0 radical (unpaired) electrons. The first-order chi connectivity index (χ1) is 12.6. The highest BCUT2D eigenvalue weighted by Gasteiger charge is 2.55. The third-order valence-corrected chi connectivity index (χ3v) is 6.73. The fourth-order valence-electron chi connectivity index (χ4n) is 4.72. The Hall–Kier alpha value is -1.54. The van der Waals surface area contributed by atoms with Gasteiger partial charge in [0.1, 0.15) is 6.10 Å². The Bertz CT molecular complexity index is 808. The monoisotopic (exact) mass is 402 g/mol. The molecule has 8 heteroatoms. The molecule has 0 heterocycles. The molecule has 27 heavy (non-hydrogen) atoms. The van der Waals surface area contributed by atoms with Gasteiger partial charge in [0.25, 0.3) is 0 Å². The lowest BCUT2D eigenvalue weighted by atomic mass is 9.62. The molecule has 2 fully saturated rings. The summed E-state index contributed by atoms with van der Waals surface area (Å²) in [4.78, 5) is 11.7. The highest BCUT2D eigenvalue weighted by atomic mass is 32.2. The molecule has 0 aliphatic heterocycles. The predicted octanol–water partition coefficient (Wildman–Crippen LogP) is 4.07. The van der Waals surface area contributed by atoms with Crippen molar-refractivity contribution in [3.63, 3.8) is 0 Å². The molecule has 1 aromatic rings. The van der Waals surface area contributed by atoms with Crippen LogP contribution in [0.5, 0.6) is 0 Å². The Balaban J connectivity index is 1.79. The zero-order chi connectivity index (χ0) is 19.8. The van der Waals surface area contributed by atoms with E-state index in [0.717, 1.165) is 37.7 Å². The van der Waals surface area contributed by atoms with Gasteiger partial charge in [-0.1, -0.05) is 36.2 Å². The van der Waals surface area contributed by atoms with Crippen LogP contribution in [-0.2, 0) is 19.6 Å². The quantitative estimate of drug-likeness (QED) is 0.607. The topological polar surface area (TPSA) is 80.7 Å². The molecule has 4 unspecified atom stereocenters. The summed E-state index contributed by atoms with van der Waals surface area (Å²) in [6.07, 6.45) is 3.95. The highest BCUT2D eigenvalue weighted by molar-refractivity contribution is 7.87. The van der Waals surface area contributed by atoms with Crippen LogP contribution in [-0.4, -0.2) is 30.3 Å². The summed E-state index contributed by atoms with van der Waals surface area (Å²) in [6.45, 7) is 2.02. The van der Waals surface area contributed by atoms with E-state index < -0.39 is 27.4 Å². The molecular formula is C19H24F2O5S. The number of hydrogen-bond acceptors (Lipinski definition) is 4. The molecule has 2 aliphatic carbocycles. The van der Waals surface area contributed by atoms with Gasteiger partial charge >= 0.3 is 21.3 Å². The number of carbonyl (C=O) groups is 1. The van der Waals surface area contributed by atoms with Crippen LogP contribution >= 0.6 is 0 Å². The van der Waals surface area contributed by atoms with Gasteiger partial charge in [-0.05, 0) is 62.3 Å².